The molecule has 0 spiro atoms. The molecule has 0 aliphatic carbocycles. The minimum atomic E-state index is -3.90. The van der Waals surface area contributed by atoms with Crippen LogP contribution in [0.3, 0.4) is 0 Å². The average molecular weight is 413 g/mol. The molecule has 0 unspecified atom stereocenters. The Hall–Kier alpha value is -1.82. The maximum absolute atomic E-state index is 12.8. The van der Waals surface area contributed by atoms with E-state index >= 15 is 0 Å². The van der Waals surface area contributed by atoms with E-state index in [1.165, 1.54) is 18.2 Å². The molecule has 0 amide bonds. The molecule has 1 N–H and O–H groups in total. The molecule has 6 nitrogen and oxygen atoms in total. The molecule has 0 aromatic heterocycles. The van der Waals surface area contributed by atoms with E-state index in [0.29, 0.717) is 16.3 Å². The second kappa shape index (κ2) is 7.43. The molecule has 9 heteroatoms. The zero-order valence-electron chi connectivity index (χ0n) is 13.3. The summed E-state index contributed by atoms with van der Waals surface area (Å²) in [5, 5.41) is 19.4. The molecule has 2 aromatic rings. The van der Waals surface area contributed by atoms with Gasteiger partial charge in [-0.3, -0.25) is 0 Å². The zero-order valence-corrected chi connectivity index (χ0v) is 15.7. The van der Waals surface area contributed by atoms with Gasteiger partial charge in [0.1, 0.15) is 22.9 Å². The number of hydrogen-bond acceptors (Lipinski definition) is 5. The van der Waals surface area contributed by atoms with E-state index in [1.807, 2.05) is 6.07 Å². The highest BCUT2D eigenvalue weighted by Crippen LogP contribution is 2.30. The number of nitriles is 1. The molecule has 0 radical (unpaired) electrons. The van der Waals surface area contributed by atoms with Crippen LogP contribution in [0.4, 0.5) is 0 Å². The maximum atomic E-state index is 12.8. The molecular weight excluding hydrogens is 399 g/mol. The van der Waals surface area contributed by atoms with Crippen molar-refractivity contribution in [3.05, 3.63) is 58.1 Å². The van der Waals surface area contributed by atoms with Crippen LogP contribution in [0.25, 0.3) is 0 Å². The smallest absolute Gasteiger partial charge is 0.244 e. The summed E-state index contributed by atoms with van der Waals surface area (Å²) in [5.41, 5.74) is 0.478. The number of hydrogen-bond donors (Lipinski definition) is 1. The van der Waals surface area contributed by atoms with Crippen LogP contribution < -0.4 is 4.74 Å². The molecule has 2 atom stereocenters. The fourth-order valence-corrected chi connectivity index (χ4v) is 4.86. The first-order valence-corrected chi connectivity index (χ1v) is 9.81. The van der Waals surface area contributed by atoms with Gasteiger partial charge in [-0.25, -0.2) is 8.42 Å². The number of halogens is 2. The molecular formula is C17H14Cl2N2O4S. The quantitative estimate of drug-likeness (QED) is 0.833. The first-order chi connectivity index (χ1) is 12.3. The van der Waals surface area contributed by atoms with Crippen LogP contribution in [-0.2, 0) is 10.0 Å². The van der Waals surface area contributed by atoms with Gasteiger partial charge in [0.2, 0.25) is 10.0 Å². The summed E-state index contributed by atoms with van der Waals surface area (Å²) < 4.78 is 32.4. The van der Waals surface area contributed by atoms with E-state index in [1.54, 1.807) is 24.3 Å². The van der Waals surface area contributed by atoms with Gasteiger partial charge in [0.05, 0.1) is 23.2 Å². The summed E-state index contributed by atoms with van der Waals surface area (Å²) >= 11 is 11.8. The van der Waals surface area contributed by atoms with Crippen molar-refractivity contribution in [3.8, 4) is 11.8 Å². The minimum absolute atomic E-state index is 0.0171. The fourth-order valence-electron chi connectivity index (χ4n) is 2.64. The van der Waals surface area contributed by atoms with Gasteiger partial charge in [0.25, 0.3) is 0 Å². The van der Waals surface area contributed by atoms with Crippen molar-refractivity contribution in [2.45, 2.75) is 17.1 Å². The van der Waals surface area contributed by atoms with Crippen molar-refractivity contribution >= 4 is 33.2 Å². The van der Waals surface area contributed by atoms with Crippen LogP contribution in [-0.4, -0.2) is 43.1 Å². The summed E-state index contributed by atoms with van der Waals surface area (Å²) in [6, 6.07) is 12.5. The average Bonchev–Trinajstić information content (AvgIpc) is 2.97. The number of nitrogens with zero attached hydrogens (tertiary/aromatic N) is 2. The van der Waals surface area contributed by atoms with Crippen LogP contribution in [0, 0.1) is 11.3 Å². The molecule has 1 aliphatic rings. The first kappa shape index (κ1) is 19.0. The SMILES string of the molecule is N#Cc1ccc(O[C@H]2CN(S(=O)(=O)c3ccc(Cl)cc3Cl)C[C@@H]2O)cc1. The monoisotopic (exact) mass is 412 g/mol. The molecule has 0 bridgehead atoms. The molecule has 136 valence electrons. The lowest BCUT2D eigenvalue weighted by atomic mass is 10.2. The number of β-amino-alcohol motifs (C(OH)–C–C–N with tert-alkyl or cyclic N) is 1. The second-order valence-corrected chi connectivity index (χ2v) is 8.51. The van der Waals surface area contributed by atoms with Crippen molar-refractivity contribution in [2.24, 2.45) is 0 Å². The molecule has 1 fully saturated rings. The Kier molecular flexibility index (Phi) is 5.42. The van der Waals surface area contributed by atoms with E-state index in [-0.39, 0.29) is 23.0 Å². The maximum Gasteiger partial charge on any atom is 0.244 e. The second-order valence-electron chi connectivity index (χ2n) is 5.76. The van der Waals surface area contributed by atoms with Crippen molar-refractivity contribution in [2.75, 3.05) is 13.1 Å². The predicted molar refractivity (Wildman–Crippen MR) is 96.8 cm³/mol. The van der Waals surface area contributed by atoms with Gasteiger partial charge in [-0.2, -0.15) is 9.57 Å². The van der Waals surface area contributed by atoms with Gasteiger partial charge in [-0.15, -0.1) is 0 Å². The van der Waals surface area contributed by atoms with Crippen LogP contribution in [0.2, 0.25) is 10.0 Å². The fraction of sp³-hybridized carbons (Fsp3) is 0.235. The Balaban J connectivity index is 1.77. The molecule has 2 aromatic carbocycles. The molecule has 26 heavy (non-hydrogen) atoms. The van der Waals surface area contributed by atoms with Gasteiger partial charge in [-0.1, -0.05) is 23.2 Å². The van der Waals surface area contributed by atoms with Crippen molar-refractivity contribution in [1.82, 2.24) is 4.31 Å². The largest absolute Gasteiger partial charge is 0.486 e. The van der Waals surface area contributed by atoms with Gasteiger partial charge in [0, 0.05) is 11.6 Å². The molecule has 1 aliphatic heterocycles. The number of ether oxygens (including phenoxy) is 1. The minimum Gasteiger partial charge on any atom is -0.486 e. The van der Waals surface area contributed by atoms with E-state index in [2.05, 4.69) is 0 Å². The Morgan fingerprint density at radius 1 is 1.15 bits per heavy atom. The third-order valence-corrected chi connectivity index (χ3v) is 6.54. The predicted octanol–water partition coefficient (Wildman–Crippen LogP) is 2.68. The van der Waals surface area contributed by atoms with Gasteiger partial charge in [0.15, 0.2) is 0 Å². The van der Waals surface area contributed by atoms with Crippen LogP contribution in [0.1, 0.15) is 5.56 Å². The molecule has 1 heterocycles. The van der Waals surface area contributed by atoms with Crippen molar-refractivity contribution in [3.63, 3.8) is 0 Å². The summed E-state index contributed by atoms with van der Waals surface area (Å²) in [6.07, 6.45) is -1.73. The number of aliphatic hydroxyl groups excluding tert-OH is 1. The molecule has 3 rings (SSSR count). The Morgan fingerprint density at radius 2 is 1.85 bits per heavy atom. The Morgan fingerprint density at radius 3 is 2.46 bits per heavy atom. The number of benzene rings is 2. The van der Waals surface area contributed by atoms with Crippen molar-refractivity contribution < 1.29 is 18.3 Å². The third-order valence-electron chi connectivity index (χ3n) is 3.99. The zero-order chi connectivity index (χ0) is 18.9. The number of sulfonamides is 1. The van der Waals surface area contributed by atoms with Crippen LogP contribution in [0.5, 0.6) is 5.75 Å². The third kappa shape index (κ3) is 3.80. The highest BCUT2D eigenvalue weighted by Gasteiger charge is 2.40. The van der Waals surface area contributed by atoms with E-state index in [0.717, 1.165) is 4.31 Å². The summed E-state index contributed by atoms with van der Waals surface area (Å²) in [5.74, 6) is 0.442. The van der Waals surface area contributed by atoms with E-state index in [9.17, 15) is 13.5 Å². The molecule has 0 saturated carbocycles. The topological polar surface area (TPSA) is 90.6 Å². The lowest BCUT2D eigenvalue weighted by Crippen LogP contribution is -2.31. The van der Waals surface area contributed by atoms with Crippen LogP contribution >= 0.6 is 23.2 Å². The Labute approximate surface area is 161 Å². The highest BCUT2D eigenvalue weighted by molar-refractivity contribution is 7.89. The first-order valence-electron chi connectivity index (χ1n) is 7.61. The van der Waals surface area contributed by atoms with Gasteiger partial charge < -0.3 is 9.84 Å². The number of aliphatic hydroxyl groups is 1. The normalized spacial score (nSPS) is 20.7. The van der Waals surface area contributed by atoms with E-state index < -0.39 is 22.2 Å². The lowest BCUT2D eigenvalue weighted by molar-refractivity contribution is 0.0737. The van der Waals surface area contributed by atoms with Gasteiger partial charge in [-0.05, 0) is 42.5 Å². The summed E-state index contributed by atoms with van der Waals surface area (Å²) in [6.45, 7) is -0.134. The summed E-state index contributed by atoms with van der Waals surface area (Å²) in [4.78, 5) is -0.0743. The van der Waals surface area contributed by atoms with Gasteiger partial charge >= 0.3 is 0 Å². The highest BCUT2D eigenvalue weighted by atomic mass is 35.5. The standard InChI is InChI=1S/C17H14Cl2N2O4S/c18-12-3-6-17(14(19)7-12)26(23,24)21-9-15(22)16(10-21)25-13-4-1-11(8-20)2-5-13/h1-7,15-16,22H,9-10H2/t15-,16-/m0/s1. The summed E-state index contributed by atoms with van der Waals surface area (Å²) in [7, 11) is -3.90. The van der Waals surface area contributed by atoms with Crippen LogP contribution in [0.15, 0.2) is 47.4 Å². The molecule has 1 saturated heterocycles. The van der Waals surface area contributed by atoms with Crippen molar-refractivity contribution in [1.29, 1.82) is 5.26 Å². The lowest BCUT2D eigenvalue weighted by Gasteiger charge is -2.18. The Bertz CT molecular complexity index is 958. The van der Waals surface area contributed by atoms with E-state index in [4.69, 9.17) is 33.2 Å². The number of rotatable bonds is 4.